The standard InChI is InChI=1S/C28H29N5O8S2/c1-4-41-22-10-8-21(9-11-22)33(43(37,38)24-14-15-25(39-2)26(18-24)40-3)19-27(34)31-20-6-12-23(13-7-20)42(35,36)32-28-29-16-5-17-30-28/h5-18H,4,19H2,1-3H3,(H,31,34)(H,29,30,32). The first kappa shape index (κ1) is 31.1. The molecule has 4 rings (SSSR count). The van der Waals surface area contributed by atoms with Gasteiger partial charge < -0.3 is 19.5 Å². The molecule has 0 radical (unpaired) electrons. The van der Waals surface area contributed by atoms with E-state index in [2.05, 4.69) is 20.0 Å². The second-order valence-corrected chi connectivity index (χ2v) is 12.3. The number of hydrogen-bond donors (Lipinski definition) is 2. The van der Waals surface area contributed by atoms with Crippen LogP contribution in [0.1, 0.15) is 6.92 Å². The van der Waals surface area contributed by atoms with Crippen molar-refractivity contribution >= 4 is 43.3 Å². The molecule has 43 heavy (non-hydrogen) atoms. The maximum Gasteiger partial charge on any atom is 0.264 e. The predicted octanol–water partition coefficient (Wildman–Crippen LogP) is 3.53. The second-order valence-electron chi connectivity index (χ2n) is 8.71. The molecule has 1 amide bonds. The van der Waals surface area contributed by atoms with Crippen LogP contribution in [0, 0.1) is 0 Å². The van der Waals surface area contributed by atoms with E-state index in [1.54, 1.807) is 18.2 Å². The van der Waals surface area contributed by atoms with E-state index in [1.165, 1.54) is 81.2 Å². The Balaban J connectivity index is 1.58. The molecule has 1 heterocycles. The SMILES string of the molecule is CCOc1ccc(N(CC(=O)Nc2ccc(S(=O)(=O)Nc3ncccn3)cc2)S(=O)(=O)c2ccc(OC)c(OC)c2)cc1. The molecule has 0 aliphatic heterocycles. The molecule has 15 heteroatoms. The molecule has 0 aliphatic rings. The Hall–Kier alpha value is -4.89. The first-order valence-electron chi connectivity index (χ1n) is 12.7. The normalized spacial score (nSPS) is 11.3. The molecule has 1 aromatic heterocycles. The maximum absolute atomic E-state index is 13.8. The van der Waals surface area contributed by atoms with Gasteiger partial charge in [-0.05, 0) is 73.7 Å². The van der Waals surface area contributed by atoms with Crippen LogP contribution in [-0.4, -0.2) is 60.1 Å². The quantitative estimate of drug-likeness (QED) is 0.224. The third-order valence-electron chi connectivity index (χ3n) is 5.91. The molecule has 0 spiro atoms. The number of carbonyl (C=O) groups is 1. The van der Waals surface area contributed by atoms with Crippen LogP contribution in [0.5, 0.6) is 17.2 Å². The number of methoxy groups -OCH3 is 2. The zero-order valence-corrected chi connectivity index (χ0v) is 25.1. The van der Waals surface area contributed by atoms with E-state index in [1.807, 2.05) is 6.92 Å². The molecule has 0 unspecified atom stereocenters. The Morgan fingerprint density at radius 2 is 1.47 bits per heavy atom. The smallest absolute Gasteiger partial charge is 0.264 e. The van der Waals surface area contributed by atoms with Crippen LogP contribution in [0.25, 0.3) is 0 Å². The first-order chi connectivity index (χ1) is 20.6. The van der Waals surface area contributed by atoms with Crippen LogP contribution >= 0.6 is 0 Å². The third kappa shape index (κ3) is 7.50. The number of nitrogens with zero attached hydrogens (tertiary/aromatic N) is 3. The van der Waals surface area contributed by atoms with E-state index in [9.17, 15) is 21.6 Å². The lowest BCUT2D eigenvalue weighted by Gasteiger charge is -2.25. The molecule has 3 aromatic carbocycles. The minimum Gasteiger partial charge on any atom is -0.494 e. The second kappa shape index (κ2) is 13.4. The zero-order valence-electron chi connectivity index (χ0n) is 23.4. The van der Waals surface area contributed by atoms with Crippen LogP contribution in [0.3, 0.4) is 0 Å². The highest BCUT2D eigenvalue weighted by atomic mass is 32.2. The summed E-state index contributed by atoms with van der Waals surface area (Å²) in [6.07, 6.45) is 2.79. The summed E-state index contributed by atoms with van der Waals surface area (Å²) < 4.78 is 72.1. The number of ether oxygens (including phenoxy) is 3. The predicted molar refractivity (Wildman–Crippen MR) is 160 cm³/mol. The van der Waals surface area contributed by atoms with Crippen molar-refractivity contribution in [1.29, 1.82) is 0 Å². The van der Waals surface area contributed by atoms with Crippen molar-refractivity contribution in [3.63, 3.8) is 0 Å². The maximum atomic E-state index is 13.8. The lowest BCUT2D eigenvalue weighted by Crippen LogP contribution is -2.38. The van der Waals surface area contributed by atoms with Gasteiger partial charge in [-0.15, -0.1) is 0 Å². The molecule has 226 valence electrons. The highest BCUT2D eigenvalue weighted by molar-refractivity contribution is 7.93. The molecule has 13 nitrogen and oxygen atoms in total. The number of benzene rings is 3. The van der Waals surface area contributed by atoms with Gasteiger partial charge in [-0.3, -0.25) is 9.10 Å². The molecule has 4 aromatic rings. The molecule has 2 N–H and O–H groups in total. The number of aromatic nitrogens is 2. The molecule has 0 aliphatic carbocycles. The summed E-state index contributed by atoms with van der Waals surface area (Å²) in [6, 6.07) is 17.2. The highest BCUT2D eigenvalue weighted by Crippen LogP contribution is 2.32. The number of anilines is 3. The monoisotopic (exact) mass is 627 g/mol. The van der Waals surface area contributed by atoms with E-state index < -0.39 is 32.5 Å². The van der Waals surface area contributed by atoms with E-state index in [0.29, 0.717) is 18.1 Å². The highest BCUT2D eigenvalue weighted by Gasteiger charge is 2.29. The summed E-state index contributed by atoms with van der Waals surface area (Å²) in [4.78, 5) is 20.6. The summed E-state index contributed by atoms with van der Waals surface area (Å²) in [6.45, 7) is 1.64. The van der Waals surface area contributed by atoms with Crippen molar-refractivity contribution in [2.75, 3.05) is 41.7 Å². The minimum atomic E-state index is -4.28. The Bertz CT molecular complexity index is 1770. The Morgan fingerprint density at radius 1 is 0.837 bits per heavy atom. The number of carbonyl (C=O) groups excluding carboxylic acids is 1. The van der Waals surface area contributed by atoms with Gasteiger partial charge in [0.25, 0.3) is 20.0 Å². The van der Waals surface area contributed by atoms with E-state index in [-0.39, 0.29) is 32.9 Å². The first-order valence-corrected chi connectivity index (χ1v) is 15.7. The number of nitrogens with one attached hydrogen (secondary N) is 2. The third-order valence-corrected chi connectivity index (χ3v) is 9.02. The minimum absolute atomic E-state index is 0.0926. The van der Waals surface area contributed by atoms with Crippen molar-refractivity contribution < 1.29 is 35.8 Å². The largest absolute Gasteiger partial charge is 0.494 e. The van der Waals surface area contributed by atoms with Crippen molar-refractivity contribution in [3.05, 3.63) is 85.2 Å². The van der Waals surface area contributed by atoms with E-state index in [0.717, 1.165) is 4.31 Å². The molecule has 0 fully saturated rings. The number of rotatable bonds is 13. The Morgan fingerprint density at radius 3 is 2.07 bits per heavy atom. The summed E-state index contributed by atoms with van der Waals surface area (Å²) in [7, 11) is -5.46. The van der Waals surface area contributed by atoms with Gasteiger partial charge in [-0.1, -0.05) is 0 Å². The van der Waals surface area contributed by atoms with Gasteiger partial charge in [-0.25, -0.2) is 31.5 Å². The number of amides is 1. The molecular weight excluding hydrogens is 598 g/mol. The average Bonchev–Trinajstić information content (AvgIpc) is 3.00. The molecule has 0 atom stereocenters. The topological polar surface area (TPSA) is 166 Å². The Labute approximate surface area is 249 Å². The van der Waals surface area contributed by atoms with Gasteiger partial charge in [0.05, 0.1) is 36.3 Å². The van der Waals surface area contributed by atoms with Gasteiger partial charge in [0.1, 0.15) is 12.3 Å². The van der Waals surface area contributed by atoms with Gasteiger partial charge in [0, 0.05) is 24.1 Å². The summed E-state index contributed by atoms with van der Waals surface area (Å²) in [5.41, 5.74) is 0.458. The van der Waals surface area contributed by atoms with Crippen LogP contribution < -0.4 is 28.6 Å². The summed E-state index contributed by atoms with van der Waals surface area (Å²) in [5.74, 6) is 0.295. The summed E-state index contributed by atoms with van der Waals surface area (Å²) in [5, 5.41) is 2.61. The zero-order chi connectivity index (χ0) is 31.0. The fourth-order valence-corrected chi connectivity index (χ4v) is 6.27. The number of hydrogen-bond acceptors (Lipinski definition) is 10. The van der Waals surface area contributed by atoms with Crippen LogP contribution in [0.15, 0.2) is 95.0 Å². The van der Waals surface area contributed by atoms with Crippen molar-refractivity contribution in [1.82, 2.24) is 9.97 Å². The van der Waals surface area contributed by atoms with Crippen LogP contribution in [-0.2, 0) is 24.8 Å². The van der Waals surface area contributed by atoms with Crippen LogP contribution in [0.2, 0.25) is 0 Å². The van der Waals surface area contributed by atoms with Gasteiger partial charge in [0.2, 0.25) is 11.9 Å². The van der Waals surface area contributed by atoms with Gasteiger partial charge in [0.15, 0.2) is 11.5 Å². The lowest BCUT2D eigenvalue weighted by molar-refractivity contribution is -0.114. The molecular formula is C28H29N5O8S2. The molecule has 0 saturated heterocycles. The molecule has 0 bridgehead atoms. The van der Waals surface area contributed by atoms with E-state index in [4.69, 9.17) is 14.2 Å². The van der Waals surface area contributed by atoms with Crippen molar-refractivity contribution in [2.45, 2.75) is 16.7 Å². The van der Waals surface area contributed by atoms with Crippen molar-refractivity contribution in [2.24, 2.45) is 0 Å². The molecule has 0 saturated carbocycles. The lowest BCUT2D eigenvalue weighted by atomic mass is 10.3. The average molecular weight is 628 g/mol. The van der Waals surface area contributed by atoms with Crippen molar-refractivity contribution in [3.8, 4) is 17.2 Å². The number of sulfonamides is 2. The van der Waals surface area contributed by atoms with Gasteiger partial charge >= 0.3 is 0 Å². The van der Waals surface area contributed by atoms with E-state index >= 15 is 0 Å². The summed E-state index contributed by atoms with van der Waals surface area (Å²) >= 11 is 0. The Kier molecular flexibility index (Phi) is 9.67. The fourth-order valence-electron chi connectivity index (χ4n) is 3.87. The fraction of sp³-hybridized carbons (Fsp3) is 0.179. The van der Waals surface area contributed by atoms with Gasteiger partial charge in [-0.2, -0.15) is 0 Å². The van der Waals surface area contributed by atoms with Crippen LogP contribution in [0.4, 0.5) is 17.3 Å².